The molecule has 0 atom stereocenters. The quantitative estimate of drug-likeness (QED) is 0.888. The molecule has 0 spiro atoms. The number of amides is 1. The molecule has 100 valence electrons. The monoisotopic (exact) mass is 272 g/mol. The molecule has 0 saturated carbocycles. The van der Waals surface area contributed by atoms with Crippen LogP contribution in [0.5, 0.6) is 0 Å². The van der Waals surface area contributed by atoms with Crippen LogP contribution in [-0.2, 0) is 17.8 Å². The molecule has 0 radical (unpaired) electrons. The molecule has 2 rings (SSSR count). The fourth-order valence-electron chi connectivity index (χ4n) is 2.07. The summed E-state index contributed by atoms with van der Waals surface area (Å²) in [6.07, 6.45) is 1.87. The van der Waals surface area contributed by atoms with Gasteiger partial charge in [0.25, 0.3) is 0 Å². The molecule has 5 heteroatoms. The van der Waals surface area contributed by atoms with Crippen molar-refractivity contribution in [2.75, 3.05) is 11.9 Å². The molecule has 3 nitrogen and oxygen atoms in total. The van der Waals surface area contributed by atoms with Crippen molar-refractivity contribution in [3.05, 3.63) is 29.1 Å². The summed E-state index contributed by atoms with van der Waals surface area (Å²) in [6.45, 7) is 3.42. The second-order valence-electron chi connectivity index (χ2n) is 4.29. The van der Waals surface area contributed by atoms with Crippen LogP contribution < -0.4 is 10.6 Å². The smallest absolute Gasteiger partial charge is 0.224 e. The first-order chi connectivity index (χ1) is 8.22. The molecule has 1 heterocycles. The van der Waals surface area contributed by atoms with Crippen LogP contribution in [0.15, 0.2) is 12.1 Å². The Kier molecular flexibility index (Phi) is 5.56. The molecule has 0 aromatic heterocycles. The first-order valence-corrected chi connectivity index (χ1v) is 6.03. The van der Waals surface area contributed by atoms with Crippen LogP contribution in [0.3, 0.4) is 0 Å². The van der Waals surface area contributed by atoms with Crippen molar-refractivity contribution in [1.29, 1.82) is 0 Å². The molecule has 1 aliphatic rings. The second-order valence-corrected chi connectivity index (χ2v) is 4.29. The Morgan fingerprint density at radius 2 is 2.28 bits per heavy atom. The summed E-state index contributed by atoms with van der Waals surface area (Å²) in [5.41, 5.74) is 2.03. The highest BCUT2D eigenvalue weighted by atomic mass is 35.5. The molecule has 0 fully saturated rings. The number of hydrogen-bond acceptors (Lipinski definition) is 2. The molecule has 1 aliphatic heterocycles. The minimum absolute atomic E-state index is 0. The minimum Gasteiger partial charge on any atom is -0.324 e. The zero-order valence-corrected chi connectivity index (χ0v) is 11.2. The Hall–Kier alpha value is -1.13. The van der Waals surface area contributed by atoms with Gasteiger partial charge in [-0.2, -0.15) is 0 Å². The topological polar surface area (TPSA) is 41.1 Å². The molecule has 18 heavy (non-hydrogen) atoms. The van der Waals surface area contributed by atoms with Crippen molar-refractivity contribution in [1.82, 2.24) is 5.32 Å². The molecule has 2 N–H and O–H groups in total. The Labute approximate surface area is 113 Å². The Bertz CT molecular complexity index is 437. The van der Waals surface area contributed by atoms with E-state index < -0.39 is 0 Å². The zero-order valence-electron chi connectivity index (χ0n) is 10.4. The molecule has 0 bridgehead atoms. The number of rotatable bonds is 3. The molecule has 0 aliphatic carbocycles. The van der Waals surface area contributed by atoms with Gasteiger partial charge in [0.05, 0.1) is 5.69 Å². The molecule has 1 aromatic rings. The third kappa shape index (κ3) is 3.21. The molecular formula is C13H18ClFN2O. The van der Waals surface area contributed by atoms with E-state index in [4.69, 9.17) is 0 Å². The highest BCUT2D eigenvalue weighted by molar-refractivity contribution is 5.91. The van der Waals surface area contributed by atoms with E-state index in [2.05, 4.69) is 10.6 Å². The average Bonchev–Trinajstić information content (AvgIpc) is 2.33. The maximum Gasteiger partial charge on any atom is 0.224 e. The fourth-order valence-corrected chi connectivity index (χ4v) is 2.07. The fraction of sp³-hybridized carbons (Fsp3) is 0.462. The van der Waals surface area contributed by atoms with E-state index in [1.807, 2.05) is 13.0 Å². The lowest BCUT2D eigenvalue weighted by Crippen LogP contribution is -2.25. The predicted molar refractivity (Wildman–Crippen MR) is 72.6 cm³/mol. The largest absolute Gasteiger partial charge is 0.324 e. The van der Waals surface area contributed by atoms with Crippen LogP contribution in [0.25, 0.3) is 0 Å². The van der Waals surface area contributed by atoms with Gasteiger partial charge in [0, 0.05) is 13.0 Å². The molecule has 0 unspecified atom stereocenters. The molecular weight excluding hydrogens is 255 g/mol. The average molecular weight is 273 g/mol. The summed E-state index contributed by atoms with van der Waals surface area (Å²) < 4.78 is 14.1. The predicted octanol–water partition coefficient (Wildman–Crippen LogP) is 2.63. The van der Waals surface area contributed by atoms with Crippen molar-refractivity contribution in [3.63, 3.8) is 0 Å². The summed E-state index contributed by atoms with van der Waals surface area (Å²) in [6, 6.07) is 3.53. The van der Waals surface area contributed by atoms with Crippen molar-refractivity contribution >= 4 is 24.0 Å². The number of carbonyl (C=O) groups excluding carboxylic acids is 1. The highest BCUT2D eigenvalue weighted by Gasteiger charge is 2.17. The van der Waals surface area contributed by atoms with Crippen molar-refractivity contribution in [2.45, 2.75) is 32.7 Å². The van der Waals surface area contributed by atoms with Gasteiger partial charge in [-0.15, -0.1) is 12.4 Å². The number of halogens is 2. The van der Waals surface area contributed by atoms with Gasteiger partial charge in [-0.25, -0.2) is 4.39 Å². The summed E-state index contributed by atoms with van der Waals surface area (Å²) >= 11 is 0. The maximum atomic E-state index is 14.1. The lowest BCUT2D eigenvalue weighted by Gasteiger charge is -2.19. The number of carbonyl (C=O) groups is 1. The summed E-state index contributed by atoms with van der Waals surface area (Å²) in [7, 11) is 0. The second kappa shape index (κ2) is 6.71. The normalized spacial score (nSPS) is 13.4. The van der Waals surface area contributed by atoms with Crippen molar-refractivity contribution in [3.8, 4) is 0 Å². The van der Waals surface area contributed by atoms with Crippen LogP contribution in [0, 0.1) is 5.82 Å². The minimum atomic E-state index is -0.270. The summed E-state index contributed by atoms with van der Waals surface area (Å²) in [5, 5.41) is 5.82. The van der Waals surface area contributed by atoms with E-state index in [0.29, 0.717) is 25.1 Å². The van der Waals surface area contributed by atoms with E-state index in [9.17, 15) is 9.18 Å². The SMILES string of the molecule is CCCC(=O)Nc1ccc2c(c1F)CCNC2.Cl. The first-order valence-electron chi connectivity index (χ1n) is 6.03. The Morgan fingerprint density at radius 3 is 3.00 bits per heavy atom. The molecule has 0 saturated heterocycles. The lowest BCUT2D eigenvalue weighted by atomic mass is 9.99. The number of hydrogen-bond donors (Lipinski definition) is 2. The Balaban J connectivity index is 0.00000162. The van der Waals surface area contributed by atoms with Gasteiger partial charge in [0.1, 0.15) is 5.82 Å². The van der Waals surface area contributed by atoms with Gasteiger partial charge in [0.15, 0.2) is 0 Å². The summed E-state index contributed by atoms with van der Waals surface area (Å²) in [5.74, 6) is -0.395. The van der Waals surface area contributed by atoms with Gasteiger partial charge in [-0.05, 0) is 36.6 Å². The first kappa shape index (κ1) is 14.9. The van der Waals surface area contributed by atoms with Crippen molar-refractivity contribution in [2.24, 2.45) is 0 Å². The van der Waals surface area contributed by atoms with E-state index in [0.717, 1.165) is 24.1 Å². The van der Waals surface area contributed by atoms with E-state index in [1.54, 1.807) is 6.07 Å². The van der Waals surface area contributed by atoms with Crippen LogP contribution in [-0.4, -0.2) is 12.5 Å². The van der Waals surface area contributed by atoms with E-state index >= 15 is 0 Å². The standard InChI is InChI=1S/C13H17FN2O.ClH/c1-2-3-12(17)16-11-5-4-9-8-15-7-6-10(9)13(11)14;/h4-5,15H,2-3,6-8H2,1H3,(H,16,17);1H. The highest BCUT2D eigenvalue weighted by Crippen LogP contribution is 2.24. The van der Waals surface area contributed by atoms with E-state index in [-0.39, 0.29) is 24.1 Å². The number of fused-ring (bicyclic) bond motifs is 1. The summed E-state index contributed by atoms with van der Waals surface area (Å²) in [4.78, 5) is 11.4. The van der Waals surface area contributed by atoms with Crippen LogP contribution in [0.2, 0.25) is 0 Å². The van der Waals surface area contributed by atoms with Gasteiger partial charge in [0.2, 0.25) is 5.91 Å². The third-order valence-corrected chi connectivity index (χ3v) is 2.96. The third-order valence-electron chi connectivity index (χ3n) is 2.96. The maximum absolute atomic E-state index is 14.1. The Morgan fingerprint density at radius 1 is 1.50 bits per heavy atom. The number of nitrogens with one attached hydrogen (secondary N) is 2. The van der Waals surface area contributed by atoms with Gasteiger partial charge >= 0.3 is 0 Å². The van der Waals surface area contributed by atoms with E-state index in [1.165, 1.54) is 0 Å². The van der Waals surface area contributed by atoms with Crippen LogP contribution >= 0.6 is 12.4 Å². The number of benzene rings is 1. The molecule has 1 aromatic carbocycles. The van der Waals surface area contributed by atoms with Gasteiger partial charge < -0.3 is 10.6 Å². The lowest BCUT2D eigenvalue weighted by molar-refractivity contribution is -0.116. The number of anilines is 1. The zero-order chi connectivity index (χ0) is 12.3. The molecule has 1 amide bonds. The van der Waals surface area contributed by atoms with Crippen LogP contribution in [0.1, 0.15) is 30.9 Å². The van der Waals surface area contributed by atoms with Gasteiger partial charge in [-0.3, -0.25) is 4.79 Å². The van der Waals surface area contributed by atoms with Gasteiger partial charge in [-0.1, -0.05) is 13.0 Å². The van der Waals surface area contributed by atoms with Crippen LogP contribution in [0.4, 0.5) is 10.1 Å². The van der Waals surface area contributed by atoms with Crippen molar-refractivity contribution < 1.29 is 9.18 Å².